The van der Waals surface area contributed by atoms with Gasteiger partial charge in [0.1, 0.15) is 17.2 Å². The van der Waals surface area contributed by atoms with Crippen LogP contribution in [0.3, 0.4) is 0 Å². The smallest absolute Gasteiger partial charge is 0.274 e. The molecule has 0 unspecified atom stereocenters. The molecule has 0 bridgehead atoms. The van der Waals surface area contributed by atoms with Crippen LogP contribution in [0.15, 0.2) is 36.5 Å². The van der Waals surface area contributed by atoms with Gasteiger partial charge in [-0.1, -0.05) is 6.07 Å². The molecule has 0 atom stereocenters. The van der Waals surface area contributed by atoms with Crippen LogP contribution in [0.4, 0.5) is 20.2 Å². The van der Waals surface area contributed by atoms with E-state index >= 15 is 0 Å². The van der Waals surface area contributed by atoms with Crippen LogP contribution in [-0.2, 0) is 0 Å². The summed E-state index contributed by atoms with van der Waals surface area (Å²) in [6.45, 7) is 0. The minimum atomic E-state index is -0.934. The summed E-state index contributed by atoms with van der Waals surface area (Å²) < 4.78 is 26.3. The van der Waals surface area contributed by atoms with E-state index in [9.17, 15) is 13.6 Å². The molecule has 6 heteroatoms. The van der Waals surface area contributed by atoms with Crippen LogP contribution >= 0.6 is 0 Å². The molecular formula is C12H9F2N3O. The Morgan fingerprint density at radius 1 is 1.28 bits per heavy atom. The molecule has 0 saturated heterocycles. The van der Waals surface area contributed by atoms with Crippen LogP contribution < -0.4 is 11.1 Å². The van der Waals surface area contributed by atoms with Gasteiger partial charge in [-0.05, 0) is 18.2 Å². The first-order valence-electron chi connectivity index (χ1n) is 5.05. The van der Waals surface area contributed by atoms with Crippen molar-refractivity contribution < 1.29 is 13.6 Å². The first-order valence-corrected chi connectivity index (χ1v) is 5.05. The van der Waals surface area contributed by atoms with Crippen molar-refractivity contribution in [3.8, 4) is 0 Å². The molecule has 0 aliphatic heterocycles. The number of nitrogens with two attached hydrogens (primary N) is 1. The highest BCUT2D eigenvalue weighted by Crippen LogP contribution is 2.24. The first-order chi connectivity index (χ1) is 8.58. The summed E-state index contributed by atoms with van der Waals surface area (Å²) in [7, 11) is 0. The van der Waals surface area contributed by atoms with Gasteiger partial charge in [-0.15, -0.1) is 0 Å². The maximum atomic E-state index is 13.4. The molecule has 4 nitrogen and oxygen atoms in total. The minimum absolute atomic E-state index is 0.112. The number of nitrogens with zero attached hydrogens (tertiary/aromatic N) is 1. The van der Waals surface area contributed by atoms with Crippen LogP contribution in [0.25, 0.3) is 0 Å². The number of nitrogen functional groups attached to an aromatic ring is 1. The molecule has 92 valence electrons. The second-order valence-corrected chi connectivity index (χ2v) is 3.52. The van der Waals surface area contributed by atoms with Crippen molar-refractivity contribution in [2.24, 2.45) is 0 Å². The SMILES string of the molecule is Nc1cc(F)cc(F)c1NC(=O)c1ccccn1. The lowest BCUT2D eigenvalue weighted by atomic mass is 10.2. The molecule has 1 aromatic heterocycles. The number of pyridine rings is 1. The summed E-state index contributed by atoms with van der Waals surface area (Å²) in [4.78, 5) is 15.5. The fraction of sp³-hybridized carbons (Fsp3) is 0. The molecule has 18 heavy (non-hydrogen) atoms. The van der Waals surface area contributed by atoms with E-state index in [2.05, 4.69) is 10.3 Å². The van der Waals surface area contributed by atoms with Gasteiger partial charge in [0.25, 0.3) is 5.91 Å². The molecule has 0 aliphatic carbocycles. The number of rotatable bonds is 2. The van der Waals surface area contributed by atoms with E-state index in [4.69, 9.17) is 5.73 Å². The van der Waals surface area contributed by atoms with E-state index in [0.717, 1.165) is 6.07 Å². The number of carbonyl (C=O) groups excluding carboxylic acids is 1. The minimum Gasteiger partial charge on any atom is -0.397 e. The van der Waals surface area contributed by atoms with Crippen molar-refractivity contribution in [1.82, 2.24) is 4.98 Å². The van der Waals surface area contributed by atoms with Crippen LogP contribution in [0.2, 0.25) is 0 Å². The Kier molecular flexibility index (Phi) is 3.18. The normalized spacial score (nSPS) is 10.1. The van der Waals surface area contributed by atoms with E-state index in [1.165, 1.54) is 12.3 Å². The number of halogens is 2. The van der Waals surface area contributed by atoms with E-state index in [0.29, 0.717) is 6.07 Å². The maximum absolute atomic E-state index is 13.4. The topological polar surface area (TPSA) is 68.0 Å². The van der Waals surface area contributed by atoms with Crippen molar-refractivity contribution in [3.05, 3.63) is 53.9 Å². The third kappa shape index (κ3) is 2.42. The molecular weight excluding hydrogens is 240 g/mol. The molecule has 0 radical (unpaired) electrons. The Morgan fingerprint density at radius 3 is 2.67 bits per heavy atom. The van der Waals surface area contributed by atoms with Gasteiger partial charge in [-0.2, -0.15) is 0 Å². The van der Waals surface area contributed by atoms with Gasteiger partial charge < -0.3 is 11.1 Å². The summed E-state index contributed by atoms with van der Waals surface area (Å²) >= 11 is 0. The summed E-state index contributed by atoms with van der Waals surface area (Å²) in [5.74, 6) is -2.36. The zero-order valence-corrected chi connectivity index (χ0v) is 9.15. The van der Waals surface area contributed by atoms with Gasteiger partial charge in [0.2, 0.25) is 0 Å². The molecule has 0 fully saturated rings. The van der Waals surface area contributed by atoms with E-state index in [-0.39, 0.29) is 17.1 Å². The first kappa shape index (κ1) is 12.0. The van der Waals surface area contributed by atoms with Gasteiger partial charge in [-0.25, -0.2) is 8.78 Å². The zero-order chi connectivity index (χ0) is 13.1. The standard InChI is InChI=1S/C12H9F2N3O/c13-7-5-8(14)11(9(15)6-7)17-12(18)10-3-1-2-4-16-10/h1-6H,15H2,(H,17,18). The van der Waals surface area contributed by atoms with Crippen LogP contribution in [0.1, 0.15) is 10.5 Å². The van der Waals surface area contributed by atoms with Gasteiger partial charge in [0, 0.05) is 12.3 Å². The summed E-state index contributed by atoms with van der Waals surface area (Å²) in [5, 5.41) is 2.25. The number of hydrogen-bond donors (Lipinski definition) is 2. The molecule has 1 heterocycles. The molecule has 0 saturated carbocycles. The molecule has 0 aliphatic rings. The quantitative estimate of drug-likeness (QED) is 0.801. The third-order valence-corrected chi connectivity index (χ3v) is 2.22. The third-order valence-electron chi connectivity index (χ3n) is 2.22. The van der Waals surface area contributed by atoms with Gasteiger partial charge in [-0.3, -0.25) is 9.78 Å². The molecule has 2 rings (SSSR count). The van der Waals surface area contributed by atoms with Crippen LogP contribution in [0.5, 0.6) is 0 Å². The Balaban J connectivity index is 2.28. The number of carbonyl (C=O) groups is 1. The Labute approximate surface area is 101 Å². The lowest BCUT2D eigenvalue weighted by Crippen LogP contribution is -2.15. The second kappa shape index (κ2) is 4.79. The number of amides is 1. The lowest BCUT2D eigenvalue weighted by Gasteiger charge is -2.08. The van der Waals surface area contributed by atoms with Crippen LogP contribution in [0, 0.1) is 11.6 Å². The van der Waals surface area contributed by atoms with Gasteiger partial charge in [0.15, 0.2) is 5.82 Å². The van der Waals surface area contributed by atoms with Crippen molar-refractivity contribution in [3.63, 3.8) is 0 Å². The highest BCUT2D eigenvalue weighted by Gasteiger charge is 2.14. The fourth-order valence-electron chi connectivity index (χ4n) is 1.40. The Bertz CT molecular complexity index is 564. The maximum Gasteiger partial charge on any atom is 0.274 e. The van der Waals surface area contributed by atoms with Crippen molar-refractivity contribution in [2.45, 2.75) is 0 Å². The molecule has 2 aromatic rings. The average Bonchev–Trinajstić information content (AvgIpc) is 2.34. The Morgan fingerprint density at radius 2 is 2.06 bits per heavy atom. The monoisotopic (exact) mass is 249 g/mol. The van der Waals surface area contributed by atoms with E-state index < -0.39 is 17.5 Å². The van der Waals surface area contributed by atoms with E-state index in [1.54, 1.807) is 12.1 Å². The van der Waals surface area contributed by atoms with Gasteiger partial charge >= 0.3 is 0 Å². The van der Waals surface area contributed by atoms with Crippen molar-refractivity contribution >= 4 is 17.3 Å². The zero-order valence-electron chi connectivity index (χ0n) is 9.15. The Hall–Kier alpha value is -2.50. The molecule has 3 N–H and O–H groups in total. The van der Waals surface area contributed by atoms with Crippen LogP contribution in [-0.4, -0.2) is 10.9 Å². The largest absolute Gasteiger partial charge is 0.397 e. The average molecular weight is 249 g/mol. The predicted molar refractivity (Wildman–Crippen MR) is 63.0 cm³/mol. The fourth-order valence-corrected chi connectivity index (χ4v) is 1.40. The number of hydrogen-bond acceptors (Lipinski definition) is 3. The van der Waals surface area contributed by atoms with Gasteiger partial charge in [0.05, 0.1) is 5.69 Å². The van der Waals surface area contributed by atoms with E-state index in [1.807, 2.05) is 0 Å². The number of benzene rings is 1. The highest BCUT2D eigenvalue weighted by molar-refractivity contribution is 6.04. The lowest BCUT2D eigenvalue weighted by molar-refractivity contribution is 0.102. The second-order valence-electron chi connectivity index (χ2n) is 3.52. The number of anilines is 2. The number of nitrogens with one attached hydrogen (secondary N) is 1. The highest BCUT2D eigenvalue weighted by atomic mass is 19.1. The summed E-state index contributed by atoms with van der Waals surface area (Å²) in [6.07, 6.45) is 1.43. The summed E-state index contributed by atoms with van der Waals surface area (Å²) in [6, 6.07) is 6.30. The van der Waals surface area contributed by atoms with Crippen molar-refractivity contribution in [2.75, 3.05) is 11.1 Å². The molecule has 0 spiro atoms. The molecule has 1 aromatic carbocycles. The van der Waals surface area contributed by atoms with Crippen molar-refractivity contribution in [1.29, 1.82) is 0 Å². The number of aromatic nitrogens is 1. The summed E-state index contributed by atoms with van der Waals surface area (Å²) in [5.41, 5.74) is 5.10. The molecule has 1 amide bonds. The predicted octanol–water partition coefficient (Wildman–Crippen LogP) is 2.19.